The summed E-state index contributed by atoms with van der Waals surface area (Å²) in [4.78, 5) is 14.3. The van der Waals surface area contributed by atoms with Gasteiger partial charge in [-0.3, -0.25) is 4.79 Å². The molecule has 160 valence electrons. The molecule has 0 aromatic carbocycles. The van der Waals surface area contributed by atoms with Crippen LogP contribution >= 0.6 is 11.3 Å². The van der Waals surface area contributed by atoms with Crippen LogP contribution in [0.1, 0.15) is 44.4 Å². The minimum absolute atomic E-state index is 0.0982. The summed E-state index contributed by atoms with van der Waals surface area (Å²) in [5, 5.41) is 11.9. The number of fused-ring (bicyclic) bond motifs is 2. The van der Waals surface area contributed by atoms with Gasteiger partial charge in [-0.25, -0.2) is 8.42 Å². The van der Waals surface area contributed by atoms with Gasteiger partial charge in [-0.1, -0.05) is 13.8 Å². The molecule has 0 atom stereocenters. The number of hydrogen-bond donors (Lipinski definition) is 1. The molecular weight excluding hydrogens is 420 g/mol. The summed E-state index contributed by atoms with van der Waals surface area (Å²) in [5.41, 5.74) is 2.32. The number of aryl methyl sites for hydroxylation is 1. The quantitative estimate of drug-likeness (QED) is 0.749. The molecule has 9 heteroatoms. The lowest BCUT2D eigenvalue weighted by Gasteiger charge is -2.48. The number of thiophene rings is 1. The molecule has 0 saturated carbocycles. The second-order valence-electron chi connectivity index (χ2n) is 9.50. The van der Waals surface area contributed by atoms with Crippen LogP contribution in [0.4, 0.5) is 0 Å². The Balaban J connectivity index is 1.50. The van der Waals surface area contributed by atoms with Gasteiger partial charge in [0.1, 0.15) is 4.21 Å². The number of azo groups is 1. The zero-order valence-electron chi connectivity index (χ0n) is 17.5. The number of Topliss-reactive ketones (excluding diaryl/α,β-unsaturated/α-hetero) is 1. The first kappa shape index (κ1) is 20.1. The van der Waals surface area contributed by atoms with Gasteiger partial charge in [-0.2, -0.15) is 9.42 Å². The van der Waals surface area contributed by atoms with Crippen LogP contribution in [0, 0.1) is 17.8 Å². The predicted molar refractivity (Wildman–Crippen MR) is 114 cm³/mol. The fraction of sp³-hybridized carbons (Fsp3) is 0.571. The number of rotatable bonds is 2. The van der Waals surface area contributed by atoms with Crippen molar-refractivity contribution >= 4 is 27.1 Å². The lowest BCUT2D eigenvalue weighted by atomic mass is 9.60. The molecule has 0 bridgehead atoms. The zero-order chi connectivity index (χ0) is 21.3. The third-order valence-corrected chi connectivity index (χ3v) is 10.1. The highest BCUT2D eigenvalue weighted by molar-refractivity contribution is 7.91. The predicted octanol–water partition coefficient (Wildman–Crippen LogP) is 3.75. The van der Waals surface area contributed by atoms with Crippen LogP contribution < -0.4 is 5.32 Å². The Labute approximate surface area is 181 Å². The zero-order valence-corrected chi connectivity index (χ0v) is 19.1. The minimum Gasteiger partial charge on any atom is -0.342 e. The Hall–Kier alpha value is -1.84. The van der Waals surface area contributed by atoms with Crippen LogP contribution in [-0.2, 0) is 14.8 Å². The van der Waals surface area contributed by atoms with Crippen molar-refractivity contribution < 1.29 is 13.2 Å². The van der Waals surface area contributed by atoms with Crippen LogP contribution in [0.3, 0.4) is 0 Å². The molecule has 1 aliphatic carbocycles. The van der Waals surface area contributed by atoms with Crippen molar-refractivity contribution in [2.75, 3.05) is 19.6 Å². The van der Waals surface area contributed by atoms with E-state index in [4.69, 9.17) is 0 Å². The number of hydrogen-bond acceptors (Lipinski definition) is 7. The average molecular weight is 447 g/mol. The average Bonchev–Trinajstić information content (AvgIpc) is 3.30. The molecule has 1 aromatic rings. The molecule has 3 aliphatic heterocycles. The van der Waals surface area contributed by atoms with Gasteiger partial charge in [0.15, 0.2) is 11.6 Å². The van der Waals surface area contributed by atoms with Crippen LogP contribution in [0.15, 0.2) is 49.2 Å². The smallest absolute Gasteiger partial charge is 0.252 e. The number of sulfonamides is 1. The van der Waals surface area contributed by atoms with E-state index in [1.54, 1.807) is 10.4 Å². The molecule has 1 saturated heterocycles. The molecule has 1 N–H and O–H groups in total. The van der Waals surface area contributed by atoms with Gasteiger partial charge in [-0.15, -0.1) is 16.5 Å². The Morgan fingerprint density at radius 3 is 2.57 bits per heavy atom. The van der Waals surface area contributed by atoms with Crippen molar-refractivity contribution in [2.24, 2.45) is 21.1 Å². The van der Waals surface area contributed by atoms with Crippen molar-refractivity contribution in [2.45, 2.75) is 50.7 Å². The number of piperidine rings is 1. The Morgan fingerprint density at radius 1 is 1.17 bits per heavy atom. The molecule has 0 radical (unpaired) electrons. The molecule has 5 rings (SSSR count). The summed E-state index contributed by atoms with van der Waals surface area (Å²) >= 11 is 1.31. The molecule has 1 spiro atoms. The Morgan fingerprint density at radius 2 is 1.90 bits per heavy atom. The van der Waals surface area contributed by atoms with Crippen LogP contribution in [0.25, 0.3) is 0 Å². The number of nitrogens with zero attached hydrogens (tertiary/aromatic N) is 3. The molecule has 0 unspecified atom stereocenters. The molecule has 1 fully saturated rings. The molecule has 1 aromatic heterocycles. The van der Waals surface area contributed by atoms with Gasteiger partial charge < -0.3 is 5.32 Å². The van der Waals surface area contributed by atoms with E-state index in [-0.39, 0.29) is 11.2 Å². The van der Waals surface area contributed by atoms with E-state index in [0.29, 0.717) is 43.1 Å². The number of allylic oxidation sites excluding steroid dienone is 2. The fourth-order valence-corrected chi connectivity index (χ4v) is 8.28. The van der Waals surface area contributed by atoms with E-state index in [2.05, 4.69) is 29.4 Å². The van der Waals surface area contributed by atoms with E-state index in [1.165, 1.54) is 11.3 Å². The number of carbonyl (C=O) groups excluding carboxylic acids is 1. The number of ketones is 1. The molecular formula is C21H26N4O3S2. The van der Waals surface area contributed by atoms with Crippen LogP contribution in [0.5, 0.6) is 0 Å². The molecule has 30 heavy (non-hydrogen) atoms. The van der Waals surface area contributed by atoms with Gasteiger partial charge in [0.2, 0.25) is 0 Å². The topological polar surface area (TPSA) is 91.2 Å². The Bertz CT molecular complexity index is 1130. The highest BCUT2D eigenvalue weighted by atomic mass is 32.2. The first-order valence-electron chi connectivity index (χ1n) is 10.3. The highest BCUT2D eigenvalue weighted by Gasteiger charge is 2.53. The summed E-state index contributed by atoms with van der Waals surface area (Å²) in [5.74, 6) is 0.946. The summed E-state index contributed by atoms with van der Waals surface area (Å²) in [6.07, 6.45) is 2.49. The van der Waals surface area contributed by atoms with E-state index < -0.39 is 15.4 Å². The van der Waals surface area contributed by atoms with Crippen molar-refractivity contribution in [1.82, 2.24) is 9.62 Å². The maximum atomic E-state index is 13.3. The second-order valence-corrected chi connectivity index (χ2v) is 13.0. The van der Waals surface area contributed by atoms with Gasteiger partial charge in [0.25, 0.3) is 10.0 Å². The van der Waals surface area contributed by atoms with E-state index in [9.17, 15) is 13.2 Å². The summed E-state index contributed by atoms with van der Waals surface area (Å²) in [6, 6.07) is 3.53. The maximum absolute atomic E-state index is 13.3. The summed E-state index contributed by atoms with van der Waals surface area (Å²) in [7, 11) is -3.51. The van der Waals surface area contributed by atoms with E-state index >= 15 is 0 Å². The van der Waals surface area contributed by atoms with Gasteiger partial charge >= 0.3 is 0 Å². The lowest BCUT2D eigenvalue weighted by Crippen LogP contribution is -2.50. The summed E-state index contributed by atoms with van der Waals surface area (Å²) < 4.78 is 28.2. The summed E-state index contributed by atoms with van der Waals surface area (Å²) in [6.45, 7) is 7.40. The normalized spacial score (nSPS) is 25.5. The van der Waals surface area contributed by atoms with Crippen LogP contribution in [-0.4, -0.2) is 38.1 Å². The molecule has 7 nitrogen and oxygen atoms in total. The van der Waals surface area contributed by atoms with E-state index in [1.807, 2.05) is 13.0 Å². The number of carbonyl (C=O) groups is 1. The molecule has 0 amide bonds. The standard InChI is InChI=1S/C21H26N4O3S2/c1-13-4-5-17(29-13)30(27,28)25-8-6-21(7-9-25)14-12-22-24-19(14)23-15-10-20(2,3)11-16(26)18(15)21/h4-5,23H,6-12H2,1-3H3. The largest absolute Gasteiger partial charge is 0.342 e. The highest BCUT2D eigenvalue weighted by Crippen LogP contribution is 2.55. The second kappa shape index (κ2) is 6.58. The number of dihydropyridines is 1. The van der Waals surface area contributed by atoms with Crippen molar-refractivity contribution in [3.8, 4) is 0 Å². The molecule has 4 aliphatic rings. The van der Waals surface area contributed by atoms with Crippen molar-refractivity contribution in [3.05, 3.63) is 39.7 Å². The monoisotopic (exact) mass is 446 g/mol. The third kappa shape index (κ3) is 2.93. The number of nitrogens with one attached hydrogen (secondary N) is 1. The third-order valence-electron chi connectivity index (χ3n) is 6.77. The van der Waals surface area contributed by atoms with Crippen molar-refractivity contribution in [3.63, 3.8) is 0 Å². The fourth-order valence-electron chi connectivity index (χ4n) is 5.41. The van der Waals surface area contributed by atoms with Gasteiger partial charge in [0.05, 0.1) is 6.54 Å². The van der Waals surface area contributed by atoms with Gasteiger partial charge in [0, 0.05) is 46.6 Å². The SMILES string of the molecule is Cc1ccc(S(=O)(=O)N2CCC3(CC2)C2=C(N=NC2)NC2=C3C(=O)CC(C)(C)C2)s1. The van der Waals surface area contributed by atoms with Gasteiger partial charge in [-0.05, 0) is 43.7 Å². The Kier molecular flexibility index (Phi) is 4.40. The maximum Gasteiger partial charge on any atom is 0.252 e. The van der Waals surface area contributed by atoms with E-state index in [0.717, 1.165) is 34.0 Å². The van der Waals surface area contributed by atoms with Crippen molar-refractivity contribution in [1.29, 1.82) is 0 Å². The molecule has 4 heterocycles. The van der Waals surface area contributed by atoms with Crippen LogP contribution in [0.2, 0.25) is 0 Å². The lowest BCUT2D eigenvalue weighted by molar-refractivity contribution is -0.119. The first-order chi connectivity index (χ1) is 14.1. The first-order valence-corrected chi connectivity index (χ1v) is 12.6. The minimum atomic E-state index is -3.51.